The Balaban J connectivity index is 1.88. The number of likely N-dealkylation sites (tertiary alicyclic amines) is 1. The van der Waals surface area contributed by atoms with Crippen molar-refractivity contribution in [3.63, 3.8) is 0 Å². The van der Waals surface area contributed by atoms with Gasteiger partial charge < -0.3 is 5.11 Å². The second-order valence-corrected chi connectivity index (χ2v) is 4.29. The highest BCUT2D eigenvalue weighted by Gasteiger charge is 2.19. The van der Waals surface area contributed by atoms with E-state index in [1.165, 1.54) is 4.88 Å². The monoisotopic (exact) mass is 183 g/mol. The zero-order chi connectivity index (χ0) is 8.39. The topological polar surface area (TPSA) is 23.5 Å². The van der Waals surface area contributed by atoms with Gasteiger partial charge >= 0.3 is 0 Å². The zero-order valence-electron chi connectivity index (χ0n) is 6.94. The molecule has 1 saturated heterocycles. The largest absolute Gasteiger partial charge is 0.392 e. The van der Waals surface area contributed by atoms with Gasteiger partial charge in [0.1, 0.15) is 0 Å². The Bertz CT molecular complexity index is 235. The van der Waals surface area contributed by atoms with Crippen LogP contribution in [-0.4, -0.2) is 29.2 Å². The molecule has 0 unspecified atom stereocenters. The van der Waals surface area contributed by atoms with Crippen LogP contribution >= 0.6 is 11.3 Å². The van der Waals surface area contributed by atoms with E-state index in [0.29, 0.717) is 0 Å². The van der Waals surface area contributed by atoms with Crippen molar-refractivity contribution in [2.75, 3.05) is 13.1 Å². The molecule has 0 aliphatic carbocycles. The predicted molar refractivity (Wildman–Crippen MR) is 50.2 cm³/mol. The van der Waals surface area contributed by atoms with Gasteiger partial charge in [-0.1, -0.05) is 6.07 Å². The molecule has 0 radical (unpaired) electrons. The zero-order valence-corrected chi connectivity index (χ0v) is 7.76. The summed E-state index contributed by atoms with van der Waals surface area (Å²) in [7, 11) is 0. The number of aliphatic hydroxyl groups excluding tert-OH is 1. The fourth-order valence-electron chi connectivity index (χ4n) is 1.58. The van der Waals surface area contributed by atoms with E-state index in [-0.39, 0.29) is 6.10 Å². The van der Waals surface area contributed by atoms with Crippen molar-refractivity contribution in [2.24, 2.45) is 0 Å². The van der Waals surface area contributed by atoms with Crippen LogP contribution in [0.25, 0.3) is 0 Å². The Kier molecular flexibility index (Phi) is 2.44. The fraction of sp³-hybridized carbons (Fsp3) is 0.556. The number of nitrogens with zero attached hydrogens (tertiary/aromatic N) is 1. The van der Waals surface area contributed by atoms with Crippen molar-refractivity contribution in [1.82, 2.24) is 4.90 Å². The summed E-state index contributed by atoms with van der Waals surface area (Å²) >= 11 is 1.79. The SMILES string of the molecule is O[C@@H]1CCN(Cc2cccs2)C1. The average Bonchev–Trinajstić information content (AvgIpc) is 2.63. The molecule has 1 fully saturated rings. The minimum atomic E-state index is -0.0926. The smallest absolute Gasteiger partial charge is 0.0679 e. The minimum Gasteiger partial charge on any atom is -0.392 e. The lowest BCUT2D eigenvalue weighted by Crippen LogP contribution is -2.20. The molecule has 1 atom stereocenters. The highest BCUT2D eigenvalue weighted by molar-refractivity contribution is 7.09. The maximum Gasteiger partial charge on any atom is 0.0679 e. The van der Waals surface area contributed by atoms with Gasteiger partial charge in [-0.05, 0) is 17.9 Å². The van der Waals surface area contributed by atoms with E-state index in [0.717, 1.165) is 26.1 Å². The molecule has 1 aliphatic rings. The van der Waals surface area contributed by atoms with E-state index >= 15 is 0 Å². The minimum absolute atomic E-state index is 0.0926. The van der Waals surface area contributed by atoms with E-state index in [1.54, 1.807) is 11.3 Å². The second-order valence-electron chi connectivity index (χ2n) is 3.26. The third kappa shape index (κ3) is 1.86. The molecule has 1 aromatic heterocycles. The van der Waals surface area contributed by atoms with Crippen LogP contribution in [0.1, 0.15) is 11.3 Å². The average molecular weight is 183 g/mol. The third-order valence-corrected chi connectivity index (χ3v) is 3.07. The Morgan fingerprint density at radius 2 is 2.58 bits per heavy atom. The van der Waals surface area contributed by atoms with Crippen LogP contribution in [0.3, 0.4) is 0 Å². The predicted octanol–water partition coefficient (Wildman–Crippen LogP) is 1.31. The van der Waals surface area contributed by atoms with Crippen LogP contribution < -0.4 is 0 Å². The summed E-state index contributed by atoms with van der Waals surface area (Å²) in [4.78, 5) is 3.69. The first-order valence-corrected chi connectivity index (χ1v) is 5.15. The molecule has 66 valence electrons. The summed E-state index contributed by atoms with van der Waals surface area (Å²) in [5.74, 6) is 0. The first kappa shape index (κ1) is 8.23. The first-order chi connectivity index (χ1) is 5.84. The van der Waals surface area contributed by atoms with Gasteiger partial charge in [0.15, 0.2) is 0 Å². The molecule has 3 heteroatoms. The molecule has 2 rings (SSSR count). The van der Waals surface area contributed by atoms with Crippen LogP contribution in [0.5, 0.6) is 0 Å². The summed E-state index contributed by atoms with van der Waals surface area (Å²) in [5, 5.41) is 11.4. The molecular weight excluding hydrogens is 170 g/mol. The summed E-state index contributed by atoms with van der Waals surface area (Å²) in [6, 6.07) is 4.22. The second kappa shape index (κ2) is 3.56. The highest BCUT2D eigenvalue weighted by Crippen LogP contribution is 2.16. The van der Waals surface area contributed by atoms with Gasteiger partial charge in [-0.2, -0.15) is 0 Å². The Hall–Kier alpha value is -0.380. The van der Waals surface area contributed by atoms with Crippen molar-refractivity contribution in [3.05, 3.63) is 22.4 Å². The number of thiophene rings is 1. The third-order valence-electron chi connectivity index (χ3n) is 2.21. The van der Waals surface area contributed by atoms with Gasteiger partial charge in [-0.25, -0.2) is 0 Å². The lowest BCUT2D eigenvalue weighted by molar-refractivity contribution is 0.175. The summed E-state index contributed by atoms with van der Waals surface area (Å²) in [6.07, 6.45) is 0.843. The Morgan fingerprint density at radius 1 is 1.67 bits per heavy atom. The number of β-amino-alcohol motifs (C(OH)–C–C–N with tert-alkyl or cyclic N) is 1. The van der Waals surface area contributed by atoms with Gasteiger partial charge in [-0.15, -0.1) is 11.3 Å². The molecule has 0 spiro atoms. The van der Waals surface area contributed by atoms with Crippen molar-refractivity contribution >= 4 is 11.3 Å². The molecule has 0 saturated carbocycles. The fourth-order valence-corrected chi connectivity index (χ4v) is 2.32. The summed E-state index contributed by atoms with van der Waals surface area (Å²) in [6.45, 7) is 2.89. The lowest BCUT2D eigenvalue weighted by Gasteiger charge is -2.12. The van der Waals surface area contributed by atoms with Gasteiger partial charge in [0.25, 0.3) is 0 Å². The standard InChI is InChI=1S/C9H13NOS/c11-8-3-4-10(6-8)7-9-2-1-5-12-9/h1-2,5,8,11H,3-4,6-7H2/t8-/m1/s1. The molecule has 0 amide bonds. The molecule has 1 aromatic rings. The van der Waals surface area contributed by atoms with Crippen LogP contribution in [-0.2, 0) is 6.54 Å². The lowest BCUT2D eigenvalue weighted by atomic mass is 10.3. The van der Waals surface area contributed by atoms with Crippen molar-refractivity contribution in [3.8, 4) is 0 Å². The van der Waals surface area contributed by atoms with E-state index in [1.807, 2.05) is 0 Å². The van der Waals surface area contributed by atoms with Gasteiger partial charge in [-0.3, -0.25) is 4.90 Å². The van der Waals surface area contributed by atoms with E-state index in [2.05, 4.69) is 22.4 Å². The van der Waals surface area contributed by atoms with E-state index in [4.69, 9.17) is 0 Å². The van der Waals surface area contributed by atoms with Crippen molar-refractivity contribution in [1.29, 1.82) is 0 Å². The normalized spacial score (nSPS) is 24.9. The number of aliphatic hydroxyl groups is 1. The van der Waals surface area contributed by atoms with Crippen LogP contribution in [0, 0.1) is 0 Å². The molecule has 2 nitrogen and oxygen atoms in total. The van der Waals surface area contributed by atoms with E-state index in [9.17, 15) is 5.11 Å². The Labute approximate surface area is 76.4 Å². The summed E-state index contributed by atoms with van der Waals surface area (Å²) in [5.41, 5.74) is 0. The van der Waals surface area contributed by atoms with Gasteiger partial charge in [0.05, 0.1) is 6.10 Å². The van der Waals surface area contributed by atoms with Gasteiger partial charge in [0.2, 0.25) is 0 Å². The Morgan fingerprint density at radius 3 is 3.17 bits per heavy atom. The maximum atomic E-state index is 9.29. The molecule has 1 N–H and O–H groups in total. The van der Waals surface area contributed by atoms with E-state index < -0.39 is 0 Å². The molecule has 0 bridgehead atoms. The molecule has 12 heavy (non-hydrogen) atoms. The van der Waals surface area contributed by atoms with Crippen LogP contribution in [0.4, 0.5) is 0 Å². The number of rotatable bonds is 2. The maximum absolute atomic E-state index is 9.29. The molecule has 2 heterocycles. The van der Waals surface area contributed by atoms with Crippen LogP contribution in [0.15, 0.2) is 17.5 Å². The number of hydrogen-bond donors (Lipinski definition) is 1. The molecular formula is C9H13NOS. The van der Waals surface area contributed by atoms with Crippen LogP contribution in [0.2, 0.25) is 0 Å². The van der Waals surface area contributed by atoms with Crippen molar-refractivity contribution in [2.45, 2.75) is 19.1 Å². The highest BCUT2D eigenvalue weighted by atomic mass is 32.1. The molecule has 0 aromatic carbocycles. The first-order valence-electron chi connectivity index (χ1n) is 4.27. The quantitative estimate of drug-likeness (QED) is 0.747. The van der Waals surface area contributed by atoms with Crippen molar-refractivity contribution < 1.29 is 5.11 Å². The number of hydrogen-bond acceptors (Lipinski definition) is 3. The van der Waals surface area contributed by atoms with Gasteiger partial charge in [0, 0.05) is 24.5 Å². The molecule has 1 aliphatic heterocycles. The summed E-state index contributed by atoms with van der Waals surface area (Å²) < 4.78 is 0.